The normalized spacial score (nSPS) is 12.4. The van der Waals surface area contributed by atoms with E-state index in [9.17, 15) is 5.11 Å². The Bertz CT molecular complexity index is 556. The molecule has 0 radical (unpaired) electrons. The van der Waals surface area contributed by atoms with Crippen LogP contribution in [-0.2, 0) is 12.8 Å². The second kappa shape index (κ2) is 6.50. The fourth-order valence-corrected chi connectivity index (χ4v) is 3.11. The Morgan fingerprint density at radius 1 is 1.42 bits per heavy atom. The van der Waals surface area contributed by atoms with Gasteiger partial charge < -0.3 is 9.84 Å². The average molecular weight is 342 g/mol. The number of aliphatic hydroxyl groups is 1. The van der Waals surface area contributed by atoms with E-state index in [4.69, 9.17) is 4.74 Å². The summed E-state index contributed by atoms with van der Waals surface area (Å²) in [6.45, 7) is 1.96. The number of nitrogens with zero attached hydrogens (tertiary/aromatic N) is 1. The molecule has 1 atom stereocenters. The molecule has 1 heterocycles. The van der Waals surface area contributed by atoms with Crippen LogP contribution in [0, 0.1) is 6.92 Å². The van der Waals surface area contributed by atoms with E-state index in [0.29, 0.717) is 12.8 Å². The van der Waals surface area contributed by atoms with Crippen molar-refractivity contribution in [2.45, 2.75) is 25.9 Å². The number of aliphatic hydroxyl groups excluding tert-OH is 1. The first-order valence-electron chi connectivity index (χ1n) is 6.00. The molecule has 1 N–H and O–H groups in total. The number of benzene rings is 1. The molecule has 2 rings (SSSR count). The molecule has 1 aromatic carbocycles. The predicted molar refractivity (Wildman–Crippen MR) is 81.0 cm³/mol. The van der Waals surface area contributed by atoms with Gasteiger partial charge in [-0.1, -0.05) is 15.9 Å². The molecule has 3 nitrogen and oxygen atoms in total. The zero-order chi connectivity index (χ0) is 13.8. The number of rotatable bonds is 5. The van der Waals surface area contributed by atoms with Crippen LogP contribution in [0.4, 0.5) is 0 Å². The molecule has 0 saturated heterocycles. The smallest absolute Gasteiger partial charge is 0.119 e. The summed E-state index contributed by atoms with van der Waals surface area (Å²) in [5.41, 5.74) is 2.05. The molecule has 1 unspecified atom stereocenters. The van der Waals surface area contributed by atoms with Gasteiger partial charge >= 0.3 is 0 Å². The van der Waals surface area contributed by atoms with Gasteiger partial charge in [-0.2, -0.15) is 0 Å². The topological polar surface area (TPSA) is 42.4 Å². The van der Waals surface area contributed by atoms with Crippen molar-refractivity contribution in [1.29, 1.82) is 0 Å². The van der Waals surface area contributed by atoms with Crippen molar-refractivity contribution in [3.8, 4) is 5.75 Å². The lowest BCUT2D eigenvalue weighted by atomic mass is 10.1. The zero-order valence-electron chi connectivity index (χ0n) is 10.9. The van der Waals surface area contributed by atoms with Crippen LogP contribution in [0.5, 0.6) is 5.75 Å². The van der Waals surface area contributed by atoms with E-state index in [2.05, 4.69) is 20.9 Å². The summed E-state index contributed by atoms with van der Waals surface area (Å²) in [5.74, 6) is 0.801. The van der Waals surface area contributed by atoms with E-state index < -0.39 is 6.10 Å². The lowest BCUT2D eigenvalue weighted by Crippen LogP contribution is -2.14. The minimum atomic E-state index is -0.436. The second-order valence-corrected chi connectivity index (χ2v) is 6.20. The Balaban J connectivity index is 2.03. The molecular formula is C14H16BrNO2S. The Morgan fingerprint density at radius 2 is 2.21 bits per heavy atom. The van der Waals surface area contributed by atoms with E-state index >= 15 is 0 Å². The quantitative estimate of drug-likeness (QED) is 0.906. The van der Waals surface area contributed by atoms with Gasteiger partial charge in [0, 0.05) is 28.4 Å². The SMILES string of the molecule is COc1ccc(Br)c(CC(O)Cc2nc(C)cs2)c1. The molecule has 0 saturated carbocycles. The number of methoxy groups -OCH3 is 1. The lowest BCUT2D eigenvalue weighted by molar-refractivity contribution is 0.175. The molecule has 0 amide bonds. The van der Waals surface area contributed by atoms with Crippen molar-refractivity contribution >= 4 is 27.3 Å². The largest absolute Gasteiger partial charge is 0.497 e. The van der Waals surface area contributed by atoms with E-state index in [0.717, 1.165) is 26.5 Å². The van der Waals surface area contributed by atoms with Gasteiger partial charge in [-0.3, -0.25) is 0 Å². The maximum atomic E-state index is 10.2. The first-order chi connectivity index (χ1) is 9.08. The second-order valence-electron chi connectivity index (χ2n) is 4.40. The number of aromatic nitrogens is 1. The monoisotopic (exact) mass is 341 g/mol. The first-order valence-corrected chi connectivity index (χ1v) is 7.67. The Hall–Kier alpha value is -0.910. The third kappa shape index (κ3) is 4.03. The highest BCUT2D eigenvalue weighted by Crippen LogP contribution is 2.24. The predicted octanol–water partition coefficient (Wildman–Crippen LogP) is 3.37. The zero-order valence-corrected chi connectivity index (χ0v) is 13.3. The number of hydrogen-bond donors (Lipinski definition) is 1. The van der Waals surface area contributed by atoms with Gasteiger partial charge in [0.1, 0.15) is 5.75 Å². The van der Waals surface area contributed by atoms with Gasteiger partial charge in [0.25, 0.3) is 0 Å². The molecule has 0 spiro atoms. The summed E-state index contributed by atoms with van der Waals surface area (Å²) < 4.78 is 6.19. The van der Waals surface area contributed by atoms with Crippen LogP contribution >= 0.6 is 27.3 Å². The highest BCUT2D eigenvalue weighted by molar-refractivity contribution is 9.10. The van der Waals surface area contributed by atoms with Crippen molar-refractivity contribution < 1.29 is 9.84 Å². The number of aryl methyl sites for hydroxylation is 1. The molecule has 0 fully saturated rings. The highest BCUT2D eigenvalue weighted by atomic mass is 79.9. The molecular weight excluding hydrogens is 326 g/mol. The van der Waals surface area contributed by atoms with Gasteiger partial charge in [0.2, 0.25) is 0 Å². The average Bonchev–Trinajstić information content (AvgIpc) is 2.77. The highest BCUT2D eigenvalue weighted by Gasteiger charge is 2.12. The van der Waals surface area contributed by atoms with Crippen LogP contribution in [0.2, 0.25) is 0 Å². The molecule has 1 aromatic heterocycles. The van der Waals surface area contributed by atoms with Gasteiger partial charge in [-0.25, -0.2) is 4.98 Å². The van der Waals surface area contributed by atoms with Crippen LogP contribution in [0.1, 0.15) is 16.3 Å². The number of thiazole rings is 1. The maximum Gasteiger partial charge on any atom is 0.119 e. The third-order valence-electron chi connectivity index (χ3n) is 2.79. The summed E-state index contributed by atoms with van der Waals surface area (Å²) in [6, 6.07) is 5.78. The third-order valence-corrected chi connectivity index (χ3v) is 4.55. The Labute approximate surface area is 125 Å². The fourth-order valence-electron chi connectivity index (χ4n) is 1.86. The molecule has 0 aliphatic heterocycles. The minimum Gasteiger partial charge on any atom is -0.497 e. The summed E-state index contributed by atoms with van der Waals surface area (Å²) in [4.78, 5) is 4.37. The van der Waals surface area contributed by atoms with Crippen molar-refractivity contribution in [3.05, 3.63) is 44.3 Å². The fraction of sp³-hybridized carbons (Fsp3) is 0.357. The van der Waals surface area contributed by atoms with Crippen LogP contribution in [0.3, 0.4) is 0 Å². The number of halogens is 1. The van der Waals surface area contributed by atoms with Crippen LogP contribution < -0.4 is 4.74 Å². The Kier molecular flexibility index (Phi) is 4.96. The summed E-state index contributed by atoms with van der Waals surface area (Å²) in [6.07, 6.45) is 0.729. The maximum absolute atomic E-state index is 10.2. The lowest BCUT2D eigenvalue weighted by Gasteiger charge is -2.11. The molecule has 0 aliphatic rings. The minimum absolute atomic E-state index is 0.436. The molecule has 19 heavy (non-hydrogen) atoms. The van der Waals surface area contributed by atoms with Crippen molar-refractivity contribution in [2.24, 2.45) is 0 Å². The van der Waals surface area contributed by atoms with Gasteiger partial charge in [-0.05, 0) is 30.7 Å². The molecule has 0 aliphatic carbocycles. The van der Waals surface area contributed by atoms with Gasteiger partial charge in [0.15, 0.2) is 0 Å². The standard InChI is InChI=1S/C14H16BrNO2S/c1-9-8-19-14(16-9)7-11(17)5-10-6-12(18-2)3-4-13(10)15/h3-4,6,8,11,17H,5,7H2,1-2H3. The molecule has 102 valence electrons. The number of hydrogen-bond acceptors (Lipinski definition) is 4. The first kappa shape index (κ1) is 14.5. The summed E-state index contributed by atoms with van der Waals surface area (Å²) >= 11 is 5.09. The number of ether oxygens (including phenoxy) is 1. The summed E-state index contributed by atoms with van der Waals surface area (Å²) in [5, 5.41) is 13.1. The molecule has 5 heteroatoms. The van der Waals surface area contributed by atoms with Crippen LogP contribution in [-0.4, -0.2) is 23.3 Å². The van der Waals surface area contributed by atoms with E-state index in [1.54, 1.807) is 18.4 Å². The van der Waals surface area contributed by atoms with E-state index in [1.807, 2.05) is 30.5 Å². The van der Waals surface area contributed by atoms with Crippen molar-refractivity contribution in [2.75, 3.05) is 7.11 Å². The van der Waals surface area contributed by atoms with Crippen molar-refractivity contribution in [1.82, 2.24) is 4.98 Å². The Morgan fingerprint density at radius 3 is 2.84 bits per heavy atom. The van der Waals surface area contributed by atoms with Crippen molar-refractivity contribution in [3.63, 3.8) is 0 Å². The van der Waals surface area contributed by atoms with Gasteiger partial charge in [0.05, 0.1) is 18.2 Å². The van der Waals surface area contributed by atoms with Crippen LogP contribution in [0.25, 0.3) is 0 Å². The molecule has 2 aromatic rings. The van der Waals surface area contributed by atoms with Gasteiger partial charge in [-0.15, -0.1) is 11.3 Å². The molecule has 0 bridgehead atoms. The van der Waals surface area contributed by atoms with Crippen LogP contribution in [0.15, 0.2) is 28.1 Å². The summed E-state index contributed by atoms with van der Waals surface area (Å²) in [7, 11) is 1.64. The van der Waals surface area contributed by atoms with E-state index in [1.165, 1.54) is 0 Å². The van der Waals surface area contributed by atoms with E-state index in [-0.39, 0.29) is 0 Å².